The molecule has 2 saturated heterocycles. The van der Waals surface area contributed by atoms with E-state index in [1.54, 1.807) is 18.2 Å². The predicted octanol–water partition coefficient (Wildman–Crippen LogP) is 2.64. The molecule has 2 aliphatic heterocycles. The Morgan fingerprint density at radius 1 is 1.39 bits per heavy atom. The van der Waals surface area contributed by atoms with Gasteiger partial charge in [-0.2, -0.15) is 0 Å². The molecule has 2 heterocycles. The molecule has 5 nitrogen and oxygen atoms in total. The summed E-state index contributed by atoms with van der Waals surface area (Å²) in [7, 11) is 0. The lowest BCUT2D eigenvalue weighted by molar-refractivity contribution is -0.126. The van der Waals surface area contributed by atoms with Gasteiger partial charge in [-0.25, -0.2) is 0 Å². The summed E-state index contributed by atoms with van der Waals surface area (Å²) in [5, 5.41) is 3.61. The first-order valence-electron chi connectivity index (χ1n) is 7.70. The molecule has 0 radical (unpaired) electrons. The molecule has 7 heteroatoms. The highest BCUT2D eigenvalue weighted by Crippen LogP contribution is 2.35. The third kappa shape index (κ3) is 3.62. The number of hydrogen-bond acceptors (Lipinski definition) is 3. The van der Waals surface area contributed by atoms with Crippen LogP contribution in [0.4, 0.5) is 5.69 Å². The molecule has 0 bridgehead atoms. The molecule has 3 rings (SSSR count). The Morgan fingerprint density at radius 2 is 2.22 bits per heavy atom. The number of rotatable bonds is 4. The van der Waals surface area contributed by atoms with E-state index in [1.165, 1.54) is 4.90 Å². The number of halogens is 2. The van der Waals surface area contributed by atoms with Gasteiger partial charge in [-0.05, 0) is 25.0 Å². The van der Waals surface area contributed by atoms with Gasteiger partial charge in [0.2, 0.25) is 11.8 Å². The van der Waals surface area contributed by atoms with Crippen LogP contribution in [0.15, 0.2) is 18.2 Å². The van der Waals surface area contributed by atoms with Crippen LogP contribution in [-0.4, -0.2) is 37.6 Å². The van der Waals surface area contributed by atoms with Gasteiger partial charge in [-0.15, -0.1) is 0 Å². The molecule has 1 aromatic carbocycles. The van der Waals surface area contributed by atoms with E-state index >= 15 is 0 Å². The molecule has 23 heavy (non-hydrogen) atoms. The summed E-state index contributed by atoms with van der Waals surface area (Å²) in [5.41, 5.74) is 0.554. The Hall–Kier alpha value is -1.30. The number of benzene rings is 1. The topological polar surface area (TPSA) is 58.6 Å². The van der Waals surface area contributed by atoms with Crippen molar-refractivity contribution in [2.24, 2.45) is 5.92 Å². The normalized spacial score (nSPS) is 24.3. The quantitative estimate of drug-likeness (QED) is 0.901. The highest BCUT2D eigenvalue weighted by molar-refractivity contribution is 6.44. The fourth-order valence-electron chi connectivity index (χ4n) is 2.98. The third-order valence-corrected chi connectivity index (χ3v) is 5.05. The summed E-state index contributed by atoms with van der Waals surface area (Å²) in [6, 6.07) is 5.14. The predicted molar refractivity (Wildman–Crippen MR) is 88.9 cm³/mol. The molecule has 0 saturated carbocycles. The van der Waals surface area contributed by atoms with Crippen molar-refractivity contribution in [1.82, 2.24) is 5.32 Å². The van der Waals surface area contributed by atoms with Crippen molar-refractivity contribution in [1.29, 1.82) is 0 Å². The average molecular weight is 357 g/mol. The van der Waals surface area contributed by atoms with Gasteiger partial charge in [0.25, 0.3) is 0 Å². The molecule has 0 aromatic heterocycles. The lowest BCUT2D eigenvalue weighted by atomic mass is 10.1. The van der Waals surface area contributed by atoms with Gasteiger partial charge < -0.3 is 15.0 Å². The maximum absolute atomic E-state index is 12.3. The summed E-state index contributed by atoms with van der Waals surface area (Å²) >= 11 is 12.2. The maximum atomic E-state index is 12.3. The van der Waals surface area contributed by atoms with Crippen LogP contribution in [0, 0.1) is 5.92 Å². The van der Waals surface area contributed by atoms with Gasteiger partial charge >= 0.3 is 0 Å². The molecule has 2 fully saturated rings. The lowest BCUT2D eigenvalue weighted by Gasteiger charge is -2.19. The van der Waals surface area contributed by atoms with Gasteiger partial charge in [0, 0.05) is 26.1 Å². The molecule has 1 N–H and O–H groups in total. The number of anilines is 1. The highest BCUT2D eigenvalue weighted by atomic mass is 35.5. The van der Waals surface area contributed by atoms with Crippen molar-refractivity contribution >= 4 is 40.7 Å². The molecule has 2 atom stereocenters. The summed E-state index contributed by atoms with van der Waals surface area (Å²) in [5.74, 6) is -0.611. The van der Waals surface area contributed by atoms with Crippen molar-refractivity contribution < 1.29 is 14.3 Å². The fraction of sp³-hybridized carbons (Fsp3) is 0.500. The first-order chi connectivity index (χ1) is 11.1. The number of nitrogens with zero attached hydrogens (tertiary/aromatic N) is 1. The van der Waals surface area contributed by atoms with Crippen LogP contribution in [0.25, 0.3) is 0 Å². The smallest absolute Gasteiger partial charge is 0.227 e. The standard InChI is InChI=1S/C16H18Cl2N2O3/c17-12-4-1-5-13(15(12)18)20-9-10(7-14(20)21)16(22)19-8-11-3-2-6-23-11/h1,4-5,10-11H,2-3,6-9H2,(H,19,22)/t10-,11-/m1/s1. The first kappa shape index (κ1) is 16.6. The van der Waals surface area contributed by atoms with E-state index in [2.05, 4.69) is 5.32 Å². The van der Waals surface area contributed by atoms with Crippen molar-refractivity contribution in [3.8, 4) is 0 Å². The van der Waals surface area contributed by atoms with Crippen molar-refractivity contribution in [2.45, 2.75) is 25.4 Å². The molecular weight excluding hydrogens is 339 g/mol. The Labute approximate surface area is 144 Å². The summed E-state index contributed by atoms with van der Waals surface area (Å²) in [6.45, 7) is 1.57. The van der Waals surface area contributed by atoms with Crippen LogP contribution in [0.3, 0.4) is 0 Å². The molecule has 1 aromatic rings. The summed E-state index contributed by atoms with van der Waals surface area (Å²) in [4.78, 5) is 26.0. The van der Waals surface area contributed by atoms with Crippen molar-refractivity contribution in [3.63, 3.8) is 0 Å². The van der Waals surface area contributed by atoms with Crippen LogP contribution in [0.1, 0.15) is 19.3 Å². The Kier molecular flexibility index (Phi) is 5.09. The van der Waals surface area contributed by atoms with Crippen LogP contribution in [0.2, 0.25) is 10.0 Å². The minimum absolute atomic E-state index is 0.0922. The van der Waals surface area contributed by atoms with Crippen molar-refractivity contribution in [2.75, 3.05) is 24.6 Å². The van der Waals surface area contributed by atoms with Gasteiger partial charge in [0.15, 0.2) is 0 Å². The molecule has 2 aliphatic rings. The first-order valence-corrected chi connectivity index (χ1v) is 8.45. The third-order valence-electron chi connectivity index (χ3n) is 4.25. The van der Waals surface area contributed by atoms with E-state index in [1.807, 2.05) is 0 Å². The number of nitrogens with one attached hydrogen (secondary N) is 1. The molecule has 2 amide bonds. The Morgan fingerprint density at radius 3 is 2.96 bits per heavy atom. The zero-order valence-electron chi connectivity index (χ0n) is 12.6. The minimum Gasteiger partial charge on any atom is -0.376 e. The van der Waals surface area contributed by atoms with Gasteiger partial charge in [-0.3, -0.25) is 9.59 Å². The van der Waals surface area contributed by atoms with Gasteiger partial charge in [-0.1, -0.05) is 29.3 Å². The number of ether oxygens (including phenoxy) is 1. The van der Waals surface area contributed by atoms with Crippen LogP contribution in [-0.2, 0) is 14.3 Å². The molecule has 0 aliphatic carbocycles. The second kappa shape index (κ2) is 7.07. The van der Waals surface area contributed by atoms with Crippen LogP contribution in [0.5, 0.6) is 0 Å². The van der Waals surface area contributed by atoms with Crippen LogP contribution >= 0.6 is 23.2 Å². The number of carbonyl (C=O) groups excluding carboxylic acids is 2. The highest BCUT2D eigenvalue weighted by Gasteiger charge is 2.36. The van der Waals surface area contributed by atoms with E-state index in [0.717, 1.165) is 19.4 Å². The zero-order chi connectivity index (χ0) is 16.4. The molecular formula is C16H18Cl2N2O3. The zero-order valence-corrected chi connectivity index (χ0v) is 14.1. The molecule has 124 valence electrons. The second-order valence-corrected chi connectivity index (χ2v) is 6.64. The van der Waals surface area contributed by atoms with E-state index in [4.69, 9.17) is 27.9 Å². The number of carbonyl (C=O) groups is 2. The van der Waals surface area contributed by atoms with E-state index in [-0.39, 0.29) is 30.3 Å². The summed E-state index contributed by atoms with van der Waals surface area (Å²) in [6.07, 6.45) is 2.27. The maximum Gasteiger partial charge on any atom is 0.227 e. The van der Waals surface area contributed by atoms with Crippen molar-refractivity contribution in [3.05, 3.63) is 28.2 Å². The number of hydrogen-bond donors (Lipinski definition) is 1. The molecule has 0 unspecified atom stereocenters. The second-order valence-electron chi connectivity index (χ2n) is 5.86. The fourth-order valence-corrected chi connectivity index (χ4v) is 3.38. The Balaban J connectivity index is 1.62. The Bertz CT molecular complexity index is 617. The monoisotopic (exact) mass is 356 g/mol. The largest absolute Gasteiger partial charge is 0.376 e. The van der Waals surface area contributed by atoms with Gasteiger partial charge in [0.05, 0.1) is 27.8 Å². The average Bonchev–Trinajstić information content (AvgIpc) is 3.17. The SMILES string of the molecule is O=C(NC[C@H]1CCCO1)[C@@H]1CC(=O)N(c2cccc(Cl)c2Cl)C1. The van der Waals surface area contributed by atoms with Crippen LogP contribution < -0.4 is 10.2 Å². The van der Waals surface area contributed by atoms with E-state index < -0.39 is 0 Å². The molecule has 0 spiro atoms. The lowest BCUT2D eigenvalue weighted by Crippen LogP contribution is -2.37. The minimum atomic E-state index is -0.376. The number of amides is 2. The van der Waals surface area contributed by atoms with E-state index in [9.17, 15) is 9.59 Å². The van der Waals surface area contributed by atoms with E-state index in [0.29, 0.717) is 28.8 Å². The summed E-state index contributed by atoms with van der Waals surface area (Å²) < 4.78 is 5.48. The van der Waals surface area contributed by atoms with Gasteiger partial charge in [0.1, 0.15) is 0 Å².